The number of likely N-dealkylation sites (tertiary alicyclic amines) is 1. The van der Waals surface area contributed by atoms with Crippen LogP contribution < -0.4 is 0 Å². The summed E-state index contributed by atoms with van der Waals surface area (Å²) in [4.78, 5) is 13.2. The number of ether oxygens (including phenoxy) is 1. The molecule has 3 heteroatoms. The van der Waals surface area contributed by atoms with Crippen molar-refractivity contribution in [1.82, 2.24) is 4.90 Å². The summed E-state index contributed by atoms with van der Waals surface area (Å²) in [5, 5.41) is 0. The zero-order chi connectivity index (χ0) is 8.81. The van der Waals surface area contributed by atoms with Crippen LogP contribution in [0.15, 0.2) is 0 Å². The Morgan fingerprint density at radius 2 is 2.42 bits per heavy atom. The molecule has 1 rings (SSSR count). The van der Waals surface area contributed by atoms with Crippen molar-refractivity contribution in [3.05, 3.63) is 0 Å². The zero-order valence-electron chi connectivity index (χ0n) is 7.71. The minimum atomic E-state index is 0.373. The number of carbonyl (C=O) groups is 1. The Labute approximate surface area is 73.7 Å². The van der Waals surface area contributed by atoms with Crippen LogP contribution >= 0.6 is 0 Å². The van der Waals surface area contributed by atoms with Gasteiger partial charge in [0.05, 0.1) is 13.2 Å². The van der Waals surface area contributed by atoms with Crippen LogP contribution in [-0.2, 0) is 9.53 Å². The summed E-state index contributed by atoms with van der Waals surface area (Å²) in [6, 6.07) is 0. The highest BCUT2D eigenvalue weighted by molar-refractivity contribution is 5.81. The maximum absolute atomic E-state index is 11.0. The lowest BCUT2D eigenvalue weighted by Crippen LogP contribution is -2.37. The molecule has 0 amide bonds. The van der Waals surface area contributed by atoms with E-state index in [0.717, 1.165) is 39.1 Å². The second-order valence-corrected chi connectivity index (χ2v) is 3.12. The van der Waals surface area contributed by atoms with E-state index < -0.39 is 0 Å². The van der Waals surface area contributed by atoms with Gasteiger partial charge in [0.1, 0.15) is 5.78 Å². The Hall–Kier alpha value is -0.410. The van der Waals surface area contributed by atoms with Gasteiger partial charge in [0.2, 0.25) is 0 Å². The molecular weight excluding hydrogens is 154 g/mol. The second kappa shape index (κ2) is 5.27. The predicted molar refractivity (Wildman–Crippen MR) is 47.2 cm³/mol. The first-order valence-electron chi connectivity index (χ1n) is 4.64. The summed E-state index contributed by atoms with van der Waals surface area (Å²) in [5.74, 6) is 0.373. The van der Waals surface area contributed by atoms with Crippen molar-refractivity contribution in [2.24, 2.45) is 0 Å². The molecule has 0 unspecified atom stereocenters. The van der Waals surface area contributed by atoms with E-state index in [-0.39, 0.29) is 0 Å². The van der Waals surface area contributed by atoms with Gasteiger partial charge >= 0.3 is 0 Å². The van der Waals surface area contributed by atoms with Gasteiger partial charge in [0.25, 0.3) is 0 Å². The van der Waals surface area contributed by atoms with E-state index in [1.54, 1.807) is 0 Å². The van der Waals surface area contributed by atoms with Crippen molar-refractivity contribution >= 4 is 5.78 Å². The molecule has 0 radical (unpaired) electrons. The third-order valence-electron chi connectivity index (χ3n) is 2.09. The van der Waals surface area contributed by atoms with Gasteiger partial charge in [-0.1, -0.05) is 0 Å². The quantitative estimate of drug-likeness (QED) is 0.583. The predicted octanol–water partition coefficient (Wildman–Crippen LogP) is 0.688. The molecular formula is C9H17NO2. The van der Waals surface area contributed by atoms with Crippen molar-refractivity contribution < 1.29 is 9.53 Å². The van der Waals surface area contributed by atoms with Crippen LogP contribution in [0.3, 0.4) is 0 Å². The van der Waals surface area contributed by atoms with Gasteiger partial charge < -0.3 is 4.74 Å². The number of piperidine rings is 1. The fourth-order valence-corrected chi connectivity index (χ4v) is 1.44. The van der Waals surface area contributed by atoms with Crippen LogP contribution in [0.4, 0.5) is 0 Å². The second-order valence-electron chi connectivity index (χ2n) is 3.12. The zero-order valence-corrected chi connectivity index (χ0v) is 7.71. The van der Waals surface area contributed by atoms with E-state index >= 15 is 0 Å². The van der Waals surface area contributed by atoms with Crippen molar-refractivity contribution in [2.75, 3.05) is 32.8 Å². The average Bonchev–Trinajstić information content (AvgIpc) is 2.05. The molecule has 0 aromatic carbocycles. The highest BCUT2D eigenvalue weighted by Crippen LogP contribution is 2.04. The summed E-state index contributed by atoms with van der Waals surface area (Å²) in [7, 11) is 0. The summed E-state index contributed by atoms with van der Waals surface area (Å²) in [6.07, 6.45) is 1.79. The smallest absolute Gasteiger partial charge is 0.146 e. The van der Waals surface area contributed by atoms with E-state index in [1.807, 2.05) is 6.92 Å². The number of hydrogen-bond acceptors (Lipinski definition) is 3. The molecule has 0 N–H and O–H groups in total. The molecule has 70 valence electrons. The summed E-state index contributed by atoms with van der Waals surface area (Å²) >= 11 is 0. The van der Waals surface area contributed by atoms with Crippen molar-refractivity contribution in [3.63, 3.8) is 0 Å². The van der Waals surface area contributed by atoms with Gasteiger partial charge in [-0.3, -0.25) is 9.69 Å². The van der Waals surface area contributed by atoms with Gasteiger partial charge in [-0.25, -0.2) is 0 Å². The summed E-state index contributed by atoms with van der Waals surface area (Å²) < 4.78 is 5.22. The topological polar surface area (TPSA) is 29.5 Å². The average molecular weight is 171 g/mol. The molecule has 1 heterocycles. The van der Waals surface area contributed by atoms with Crippen LogP contribution in [0.1, 0.15) is 19.8 Å². The van der Waals surface area contributed by atoms with Crippen LogP contribution in [0.5, 0.6) is 0 Å². The maximum Gasteiger partial charge on any atom is 0.146 e. The molecule has 0 aromatic heterocycles. The van der Waals surface area contributed by atoms with E-state index in [4.69, 9.17) is 4.74 Å². The molecule has 1 aliphatic rings. The number of ketones is 1. The Kier molecular flexibility index (Phi) is 4.25. The molecule has 0 aromatic rings. The first-order valence-corrected chi connectivity index (χ1v) is 4.64. The van der Waals surface area contributed by atoms with E-state index in [0.29, 0.717) is 12.3 Å². The lowest BCUT2D eigenvalue weighted by Gasteiger charge is -2.24. The fourth-order valence-electron chi connectivity index (χ4n) is 1.44. The van der Waals surface area contributed by atoms with Crippen LogP contribution in [-0.4, -0.2) is 43.5 Å². The number of carbonyl (C=O) groups excluding carboxylic acids is 1. The number of rotatable bonds is 4. The number of nitrogens with zero attached hydrogens (tertiary/aromatic N) is 1. The monoisotopic (exact) mass is 171 g/mol. The maximum atomic E-state index is 11.0. The van der Waals surface area contributed by atoms with E-state index in [2.05, 4.69) is 4.90 Å². The Morgan fingerprint density at radius 1 is 1.58 bits per heavy atom. The largest absolute Gasteiger partial charge is 0.380 e. The molecule has 0 aliphatic carbocycles. The lowest BCUT2D eigenvalue weighted by molar-refractivity contribution is -0.122. The van der Waals surface area contributed by atoms with Crippen molar-refractivity contribution in [3.8, 4) is 0 Å². The minimum absolute atomic E-state index is 0.373. The molecule has 0 spiro atoms. The van der Waals surface area contributed by atoms with Gasteiger partial charge in [-0.05, 0) is 19.9 Å². The van der Waals surface area contributed by atoms with E-state index in [9.17, 15) is 4.79 Å². The third kappa shape index (κ3) is 3.32. The van der Waals surface area contributed by atoms with Crippen LogP contribution in [0.2, 0.25) is 0 Å². The first-order chi connectivity index (χ1) is 5.83. The molecule has 1 aliphatic heterocycles. The molecule has 0 bridgehead atoms. The standard InChI is InChI=1S/C9H17NO2/c1-2-12-7-6-10-5-3-4-9(11)8-10/h2-8H2,1H3. The molecule has 1 fully saturated rings. The number of Topliss-reactive ketones (excluding diaryl/α,β-unsaturated/α-hetero) is 1. The van der Waals surface area contributed by atoms with Crippen LogP contribution in [0.25, 0.3) is 0 Å². The highest BCUT2D eigenvalue weighted by atomic mass is 16.5. The molecule has 1 saturated heterocycles. The SMILES string of the molecule is CCOCCN1CCCC(=O)C1. The Balaban J connectivity index is 2.10. The lowest BCUT2D eigenvalue weighted by atomic mass is 10.1. The van der Waals surface area contributed by atoms with Gasteiger partial charge in [0.15, 0.2) is 0 Å². The van der Waals surface area contributed by atoms with E-state index in [1.165, 1.54) is 0 Å². The van der Waals surface area contributed by atoms with Gasteiger partial charge in [-0.15, -0.1) is 0 Å². The van der Waals surface area contributed by atoms with Crippen LogP contribution in [0, 0.1) is 0 Å². The minimum Gasteiger partial charge on any atom is -0.380 e. The molecule has 3 nitrogen and oxygen atoms in total. The fraction of sp³-hybridized carbons (Fsp3) is 0.889. The van der Waals surface area contributed by atoms with Gasteiger partial charge in [-0.2, -0.15) is 0 Å². The molecule has 12 heavy (non-hydrogen) atoms. The summed E-state index contributed by atoms with van der Waals surface area (Å²) in [5.41, 5.74) is 0. The normalized spacial score (nSPS) is 19.9. The summed E-state index contributed by atoms with van der Waals surface area (Å²) in [6.45, 7) is 6.10. The Bertz CT molecular complexity index is 147. The highest BCUT2D eigenvalue weighted by Gasteiger charge is 2.15. The van der Waals surface area contributed by atoms with Gasteiger partial charge in [0, 0.05) is 19.6 Å². The molecule has 0 saturated carbocycles. The Morgan fingerprint density at radius 3 is 3.08 bits per heavy atom. The van der Waals surface area contributed by atoms with Crippen molar-refractivity contribution in [2.45, 2.75) is 19.8 Å². The van der Waals surface area contributed by atoms with Crippen molar-refractivity contribution in [1.29, 1.82) is 0 Å². The number of hydrogen-bond donors (Lipinski definition) is 0. The first kappa shape index (κ1) is 9.68. The third-order valence-corrected chi connectivity index (χ3v) is 2.09. The molecule has 0 atom stereocenters.